The fraction of sp³-hybridized carbons (Fsp3) is 0.317. The van der Waals surface area contributed by atoms with Crippen LogP contribution >= 0.6 is 0 Å². The van der Waals surface area contributed by atoms with Crippen LogP contribution < -0.4 is 0 Å². The molecule has 2 unspecified atom stereocenters. The summed E-state index contributed by atoms with van der Waals surface area (Å²) in [4.78, 5) is 33.3. The highest BCUT2D eigenvalue weighted by atomic mass is 16.5. The summed E-state index contributed by atoms with van der Waals surface area (Å²) in [6.07, 6.45) is 15.1. The van der Waals surface area contributed by atoms with Crippen molar-refractivity contribution in [3.05, 3.63) is 160 Å². The van der Waals surface area contributed by atoms with Gasteiger partial charge < -0.3 is 18.9 Å². The number of nitrogens with zero attached hydrogens (tertiary/aromatic N) is 5. The molecule has 0 saturated heterocycles. The molecule has 0 fully saturated rings. The van der Waals surface area contributed by atoms with Crippen molar-refractivity contribution in [2.24, 2.45) is 0 Å². The van der Waals surface area contributed by atoms with Crippen LogP contribution in [0, 0.1) is 6.92 Å². The Hall–Kier alpha value is -5.08. The van der Waals surface area contributed by atoms with Crippen molar-refractivity contribution < 1.29 is 9.53 Å². The fourth-order valence-corrected chi connectivity index (χ4v) is 9.29. The predicted molar refractivity (Wildman–Crippen MR) is 187 cm³/mol. The van der Waals surface area contributed by atoms with Crippen LogP contribution in [0.15, 0.2) is 104 Å². The number of Topliss-reactive ketones (excluding diaryl/α,β-unsaturated/α-hetero) is 1. The minimum Gasteiger partial charge on any atom is -0.384 e. The molecule has 246 valence electrons. The number of ketones is 1. The summed E-state index contributed by atoms with van der Waals surface area (Å²) in [5.74, 6) is 0.301. The molecule has 0 saturated carbocycles. The molecule has 0 bridgehead atoms. The van der Waals surface area contributed by atoms with Crippen LogP contribution in [0.5, 0.6) is 0 Å². The number of fused-ring (bicyclic) bond motifs is 3. The van der Waals surface area contributed by atoms with E-state index in [9.17, 15) is 0 Å². The molecule has 0 amide bonds. The molecule has 0 radical (unpaired) electrons. The number of aromatic amines is 1. The molecule has 3 aromatic heterocycles. The van der Waals surface area contributed by atoms with Crippen LogP contribution in [0.2, 0.25) is 0 Å². The summed E-state index contributed by atoms with van der Waals surface area (Å²) in [5.41, 5.74) is 10.7. The molecule has 1 N–H and O–H groups in total. The lowest BCUT2D eigenvalue weighted by Gasteiger charge is -2.36. The van der Waals surface area contributed by atoms with E-state index in [1.807, 2.05) is 31.2 Å². The number of rotatable bonds is 9. The van der Waals surface area contributed by atoms with Gasteiger partial charge in [-0.3, -0.25) is 4.79 Å². The highest BCUT2D eigenvalue weighted by Crippen LogP contribution is 2.46. The standard InChI is InChI=1S/C41H40N6O2/c1-27-11-12-28-14-34(15-33(28)13-27)35-20-43-25-46(35)39(38(48)41(36-21-42-24-45-36)18-31-9-5-6-10-32(31)19-41)47-26-44-22-37(47)40(23-49-2)16-29-7-3-4-8-30(29)17-40/h3-13,20-22,24-26,34,39H,14-19,23H2,1-2H3,(H,42,45). The third-order valence-corrected chi connectivity index (χ3v) is 11.6. The van der Waals surface area contributed by atoms with Gasteiger partial charge in [0.25, 0.3) is 0 Å². The molecule has 3 heterocycles. The molecule has 3 aliphatic carbocycles. The number of H-pyrrole nitrogens is 1. The topological polar surface area (TPSA) is 90.6 Å². The third-order valence-electron chi connectivity index (χ3n) is 11.6. The van der Waals surface area contributed by atoms with Gasteiger partial charge in [-0.1, -0.05) is 72.3 Å². The van der Waals surface area contributed by atoms with Gasteiger partial charge >= 0.3 is 0 Å². The number of ether oxygens (including phenoxy) is 1. The predicted octanol–water partition coefficient (Wildman–Crippen LogP) is 6.03. The van der Waals surface area contributed by atoms with Crippen LogP contribution in [-0.2, 0) is 58.9 Å². The van der Waals surface area contributed by atoms with E-state index in [-0.39, 0.29) is 17.1 Å². The van der Waals surface area contributed by atoms with Crippen LogP contribution in [0.25, 0.3) is 0 Å². The van der Waals surface area contributed by atoms with E-state index in [4.69, 9.17) is 14.7 Å². The first kappa shape index (κ1) is 30.0. The monoisotopic (exact) mass is 648 g/mol. The van der Waals surface area contributed by atoms with E-state index in [1.54, 1.807) is 13.4 Å². The van der Waals surface area contributed by atoms with E-state index in [2.05, 4.69) is 92.8 Å². The first-order valence-electron chi connectivity index (χ1n) is 17.3. The number of hydrogen-bond donors (Lipinski definition) is 1. The van der Waals surface area contributed by atoms with Gasteiger partial charge in [0.1, 0.15) is 0 Å². The number of nitrogens with one attached hydrogen (secondary N) is 1. The summed E-state index contributed by atoms with van der Waals surface area (Å²) >= 11 is 0. The van der Waals surface area contributed by atoms with Gasteiger partial charge in [-0.25, -0.2) is 15.0 Å². The van der Waals surface area contributed by atoms with Gasteiger partial charge in [0, 0.05) is 54.1 Å². The van der Waals surface area contributed by atoms with E-state index in [0.717, 1.165) is 42.8 Å². The maximum absolute atomic E-state index is 15.9. The Kier molecular flexibility index (Phi) is 7.06. The molecule has 2 atom stereocenters. The number of hydrogen-bond acceptors (Lipinski definition) is 5. The second kappa shape index (κ2) is 11.5. The molecule has 3 aromatic carbocycles. The van der Waals surface area contributed by atoms with Crippen LogP contribution in [0.1, 0.15) is 68.1 Å². The van der Waals surface area contributed by atoms with Gasteiger partial charge in [-0.2, -0.15) is 0 Å². The van der Waals surface area contributed by atoms with Crippen molar-refractivity contribution in [3.8, 4) is 0 Å². The van der Waals surface area contributed by atoms with Gasteiger partial charge in [0.05, 0.1) is 31.0 Å². The first-order chi connectivity index (χ1) is 24.0. The molecule has 0 aliphatic heterocycles. The Morgan fingerprint density at radius 3 is 2.14 bits per heavy atom. The van der Waals surface area contributed by atoms with E-state index in [1.165, 1.54) is 38.9 Å². The lowest BCUT2D eigenvalue weighted by atomic mass is 9.75. The zero-order valence-corrected chi connectivity index (χ0v) is 28.0. The van der Waals surface area contributed by atoms with Gasteiger partial charge in [0.2, 0.25) is 0 Å². The zero-order valence-electron chi connectivity index (χ0n) is 28.0. The van der Waals surface area contributed by atoms with Crippen LogP contribution in [0.3, 0.4) is 0 Å². The Balaban J connectivity index is 1.21. The number of aryl methyl sites for hydroxylation is 1. The lowest BCUT2D eigenvalue weighted by Crippen LogP contribution is -2.46. The number of benzene rings is 3. The zero-order chi connectivity index (χ0) is 33.2. The van der Waals surface area contributed by atoms with Crippen molar-refractivity contribution >= 4 is 5.78 Å². The molecule has 8 nitrogen and oxygen atoms in total. The second-order valence-electron chi connectivity index (χ2n) is 14.5. The summed E-state index contributed by atoms with van der Waals surface area (Å²) < 4.78 is 10.3. The molecule has 8 heteroatoms. The van der Waals surface area contributed by atoms with Gasteiger partial charge in [0.15, 0.2) is 11.9 Å². The van der Waals surface area contributed by atoms with Crippen LogP contribution in [-0.4, -0.2) is 48.6 Å². The Labute approximate surface area is 286 Å². The number of aromatic nitrogens is 6. The highest BCUT2D eigenvalue weighted by Gasteiger charge is 2.52. The molecule has 6 aromatic rings. The summed E-state index contributed by atoms with van der Waals surface area (Å²) in [7, 11) is 1.77. The van der Waals surface area contributed by atoms with E-state index in [0.29, 0.717) is 19.4 Å². The Bertz CT molecular complexity index is 2130. The van der Waals surface area contributed by atoms with Crippen LogP contribution in [0.4, 0.5) is 0 Å². The quantitative estimate of drug-likeness (QED) is 0.207. The number of carbonyl (C=O) groups is 1. The third kappa shape index (κ3) is 4.76. The molecule has 9 rings (SSSR count). The number of carbonyl (C=O) groups excluding carboxylic acids is 1. The number of imidazole rings is 3. The summed E-state index contributed by atoms with van der Waals surface area (Å²) in [5, 5.41) is 0. The van der Waals surface area contributed by atoms with Crippen molar-refractivity contribution in [2.75, 3.05) is 13.7 Å². The first-order valence-corrected chi connectivity index (χ1v) is 17.3. The number of methoxy groups -OCH3 is 1. The minimum atomic E-state index is -0.850. The maximum Gasteiger partial charge on any atom is 0.189 e. The average molecular weight is 649 g/mol. The second-order valence-corrected chi connectivity index (χ2v) is 14.5. The van der Waals surface area contributed by atoms with Crippen molar-refractivity contribution in [2.45, 2.75) is 68.4 Å². The fourth-order valence-electron chi connectivity index (χ4n) is 9.29. The van der Waals surface area contributed by atoms with E-state index < -0.39 is 11.6 Å². The van der Waals surface area contributed by atoms with Crippen molar-refractivity contribution in [1.29, 1.82) is 0 Å². The Morgan fingerprint density at radius 1 is 0.816 bits per heavy atom. The lowest BCUT2D eigenvalue weighted by molar-refractivity contribution is -0.129. The smallest absolute Gasteiger partial charge is 0.189 e. The van der Waals surface area contributed by atoms with Gasteiger partial charge in [-0.05, 0) is 78.8 Å². The highest BCUT2D eigenvalue weighted by molar-refractivity contribution is 5.94. The van der Waals surface area contributed by atoms with Crippen molar-refractivity contribution in [1.82, 2.24) is 29.1 Å². The molecular formula is C41H40N6O2. The normalized spacial score (nSPS) is 19.0. The summed E-state index contributed by atoms with van der Waals surface area (Å²) in [6, 6.07) is 23.9. The molecule has 0 spiro atoms. The SMILES string of the molecule is COCC1(c2cncn2C(C(=O)C2(c3cnc[nH]3)Cc3ccccc3C2)n2cncc2C2Cc3ccc(C)cc3C2)Cc2ccccc2C1. The molecular weight excluding hydrogens is 608 g/mol. The maximum atomic E-state index is 15.9. The molecule has 3 aliphatic rings. The average Bonchev–Trinajstić information content (AvgIpc) is 3.95. The van der Waals surface area contributed by atoms with Gasteiger partial charge in [-0.15, -0.1) is 0 Å². The Morgan fingerprint density at radius 2 is 1.47 bits per heavy atom. The largest absolute Gasteiger partial charge is 0.384 e. The van der Waals surface area contributed by atoms with E-state index >= 15 is 4.79 Å². The summed E-state index contributed by atoms with van der Waals surface area (Å²) in [6.45, 7) is 2.66. The minimum absolute atomic E-state index is 0.0980. The molecule has 49 heavy (non-hydrogen) atoms. The van der Waals surface area contributed by atoms with Crippen molar-refractivity contribution in [3.63, 3.8) is 0 Å².